The molecule has 5 rings (SSSR count). The van der Waals surface area contributed by atoms with Crippen LogP contribution in [0.5, 0.6) is 0 Å². The van der Waals surface area contributed by atoms with Gasteiger partial charge in [-0.15, -0.1) is 0 Å². The summed E-state index contributed by atoms with van der Waals surface area (Å²) in [7, 11) is -2.97. The van der Waals surface area contributed by atoms with E-state index in [4.69, 9.17) is 14.7 Å². The third-order valence-electron chi connectivity index (χ3n) is 7.25. The zero-order chi connectivity index (χ0) is 27.4. The van der Waals surface area contributed by atoms with Gasteiger partial charge in [-0.25, -0.2) is 0 Å². The summed E-state index contributed by atoms with van der Waals surface area (Å²) in [4.78, 5) is 22.8. The molecular weight excluding hydrogens is 740 g/mol. The van der Waals surface area contributed by atoms with Crippen molar-refractivity contribution in [2.75, 3.05) is 41.4 Å². The zero-order valence-corrected chi connectivity index (χ0v) is 28.2. The second-order valence-electron chi connectivity index (χ2n) is 11.0. The average Bonchev–Trinajstić information content (AvgIpc) is 3.14. The van der Waals surface area contributed by atoms with Crippen LogP contribution in [0, 0.1) is 11.8 Å². The van der Waals surface area contributed by atoms with E-state index in [2.05, 4.69) is 28.0 Å². The minimum absolute atomic E-state index is 0.0683. The van der Waals surface area contributed by atoms with Crippen LogP contribution in [-0.4, -0.2) is 78.7 Å². The Labute approximate surface area is 250 Å². The molecule has 2 saturated heterocycles. The summed E-state index contributed by atoms with van der Waals surface area (Å²) in [5, 5.41) is 0. The number of hydrogen-bond donors (Lipinski definition) is 1. The summed E-state index contributed by atoms with van der Waals surface area (Å²) in [5.41, 5.74) is 4.81. The normalized spacial score (nSPS) is 24.5. The van der Waals surface area contributed by atoms with Crippen molar-refractivity contribution in [3.8, 4) is 0 Å². The van der Waals surface area contributed by atoms with Gasteiger partial charge in [0.05, 0.1) is 0 Å². The van der Waals surface area contributed by atoms with Crippen LogP contribution in [0.1, 0.15) is 51.6 Å². The number of morpholine rings is 1. The molecule has 1 unspecified atom stereocenters. The van der Waals surface area contributed by atoms with Crippen LogP contribution in [0.2, 0.25) is 0 Å². The van der Waals surface area contributed by atoms with Gasteiger partial charge in [0.15, 0.2) is 0 Å². The van der Waals surface area contributed by atoms with Gasteiger partial charge in [0.1, 0.15) is 0 Å². The van der Waals surface area contributed by atoms with Gasteiger partial charge in [0.2, 0.25) is 0 Å². The van der Waals surface area contributed by atoms with Crippen molar-refractivity contribution in [2.45, 2.75) is 49.2 Å². The topological polar surface area (TPSA) is 101 Å². The Morgan fingerprint density at radius 3 is 2.85 bits per heavy atom. The van der Waals surface area contributed by atoms with Gasteiger partial charge < -0.3 is 0 Å². The molecule has 0 aliphatic carbocycles. The van der Waals surface area contributed by atoms with Gasteiger partial charge in [-0.1, -0.05) is 0 Å². The molecule has 0 radical (unpaired) electrons. The summed E-state index contributed by atoms with van der Waals surface area (Å²) >= 11 is -1.91. The first-order chi connectivity index (χ1) is 18.8. The average molecular weight is 781 g/mol. The number of nitrogens with one attached hydrogen (secondary N) is 1. The standard InChI is InChI=1S/C28H40I2N5O3S/c1-20(2)19-39(36,37)26-6-4-5-21(15-29-26)7-8-23-22(25-18-32-28-24(33-25)9-10-31-28)16-30(3)17-27(34-23)35-11-13-38-14-12-35/h9-10,16-18,20-21,26H,4-8,11-15,19H2,1-3H3,(H,31,32)/q-1/t21?,26-/m0/s1. The van der Waals surface area contributed by atoms with Crippen molar-refractivity contribution in [3.63, 3.8) is 0 Å². The van der Waals surface area contributed by atoms with E-state index in [1.54, 1.807) is 0 Å². The number of ether oxygens (including phenoxy) is 1. The van der Waals surface area contributed by atoms with E-state index in [9.17, 15) is 8.42 Å². The molecule has 0 saturated carbocycles. The Bertz CT molecular complexity index is 1350. The molecule has 2 aromatic heterocycles. The number of aromatic amines is 1. The van der Waals surface area contributed by atoms with Crippen LogP contribution < -0.4 is 21.2 Å². The Hall–Kier alpha value is -1.06. The molecule has 2 aromatic rings. The number of sulfone groups is 1. The van der Waals surface area contributed by atoms with Crippen LogP contribution in [0.4, 0.5) is 0 Å². The minimum atomic E-state index is -2.97. The number of alkyl halides is 3. The summed E-state index contributed by atoms with van der Waals surface area (Å²) in [6.07, 6.45) is 8.67. The molecule has 3 aliphatic heterocycles. The molecule has 3 aliphatic rings. The fourth-order valence-corrected chi connectivity index (χ4v) is 16.2. The van der Waals surface area contributed by atoms with Gasteiger partial charge in [-0.3, -0.25) is 0 Å². The second kappa shape index (κ2) is 13.3. The van der Waals surface area contributed by atoms with E-state index in [1.807, 2.05) is 32.3 Å². The van der Waals surface area contributed by atoms with Crippen LogP contribution >= 0.6 is 19.8 Å². The second-order valence-corrected chi connectivity index (χ2v) is 21.7. The molecule has 0 bridgehead atoms. The van der Waals surface area contributed by atoms with Gasteiger partial charge in [-0.05, 0) is 0 Å². The van der Waals surface area contributed by atoms with Crippen molar-refractivity contribution in [2.24, 2.45) is 16.8 Å². The molecule has 11 heteroatoms. The van der Waals surface area contributed by atoms with E-state index in [0.29, 0.717) is 11.7 Å². The third kappa shape index (κ3) is 7.62. The zero-order valence-electron chi connectivity index (χ0n) is 23.1. The maximum atomic E-state index is 13.0. The molecule has 2 atom stereocenters. The summed E-state index contributed by atoms with van der Waals surface area (Å²) < 4.78 is 37.4. The molecule has 1 N–H and O–H groups in total. The number of H-pyrrole nitrogens is 1. The van der Waals surface area contributed by atoms with Gasteiger partial charge >= 0.3 is 252 Å². The van der Waals surface area contributed by atoms with Crippen molar-refractivity contribution < 1.29 is 34.4 Å². The maximum absolute atomic E-state index is 13.0. The number of aliphatic imine (C=N–C) groups is 1. The molecular formula is C28H40I2N5O3S-. The first-order valence-corrected chi connectivity index (χ1v) is 22.9. The van der Waals surface area contributed by atoms with Crippen LogP contribution in [0.25, 0.3) is 16.7 Å². The van der Waals surface area contributed by atoms with E-state index < -0.39 is 29.7 Å². The summed E-state index contributed by atoms with van der Waals surface area (Å²) in [6, 6.07) is 1.97. The first kappa shape index (κ1) is 29.4. The first-order valence-electron chi connectivity index (χ1n) is 13.8. The summed E-state index contributed by atoms with van der Waals surface area (Å²) in [5.74, 6) is 2.19. The number of aromatic nitrogens is 3. The monoisotopic (exact) mass is 780 g/mol. The number of rotatable bonds is 8. The van der Waals surface area contributed by atoms with Crippen LogP contribution in [0.15, 0.2) is 37.4 Å². The number of fused-ring (bicyclic) bond motifs is 1. The molecule has 5 heterocycles. The van der Waals surface area contributed by atoms with Crippen molar-refractivity contribution in [1.29, 1.82) is 0 Å². The van der Waals surface area contributed by atoms with Gasteiger partial charge in [0, 0.05) is 0 Å². The third-order valence-corrected chi connectivity index (χ3v) is 19.1. The van der Waals surface area contributed by atoms with Gasteiger partial charge in [-0.2, -0.15) is 0 Å². The predicted octanol–water partition coefficient (Wildman–Crippen LogP) is 2.09. The fourth-order valence-electron chi connectivity index (χ4n) is 5.28. The molecule has 216 valence electrons. The Balaban J connectivity index is 1.36. The van der Waals surface area contributed by atoms with Gasteiger partial charge in [0.25, 0.3) is 0 Å². The number of allylic oxidation sites excluding steroid dienone is 1. The molecule has 2 fully saturated rings. The molecule has 39 heavy (non-hydrogen) atoms. The molecule has 8 nitrogen and oxygen atoms in total. The number of halogens is 2. The van der Waals surface area contributed by atoms with E-state index in [1.165, 1.54) is 0 Å². The number of nitrogens with zero attached hydrogens (tertiary/aromatic N) is 4. The van der Waals surface area contributed by atoms with E-state index >= 15 is 0 Å². The van der Waals surface area contributed by atoms with E-state index in [-0.39, 0.29) is 30.4 Å². The SMILES string of the molecule is CC(C)CS(=O)(=O)[C@H]1CCCC(CCC2=NC(N3CCOCC3)=CI(C)C=C2c2cnc3[nH]ccc3n2)C[I-]1. The fraction of sp³-hybridized carbons (Fsp3) is 0.607. The predicted molar refractivity (Wildman–Crippen MR) is 164 cm³/mol. The Kier molecular flexibility index (Phi) is 10.0. The Morgan fingerprint density at radius 2 is 2.05 bits per heavy atom. The molecule has 0 spiro atoms. The summed E-state index contributed by atoms with van der Waals surface area (Å²) in [6.45, 7) is 7.24. The van der Waals surface area contributed by atoms with Crippen molar-refractivity contribution in [1.82, 2.24) is 19.9 Å². The van der Waals surface area contributed by atoms with Crippen molar-refractivity contribution >= 4 is 52.1 Å². The molecule has 0 aromatic carbocycles. The van der Waals surface area contributed by atoms with E-state index in [0.717, 1.165) is 96.8 Å². The van der Waals surface area contributed by atoms with Crippen LogP contribution in [0.3, 0.4) is 0 Å². The van der Waals surface area contributed by atoms with Crippen molar-refractivity contribution in [3.05, 3.63) is 38.1 Å². The quantitative estimate of drug-likeness (QED) is 0.326. The molecule has 0 amide bonds. The Morgan fingerprint density at radius 1 is 1.23 bits per heavy atom. The van der Waals surface area contributed by atoms with Crippen LogP contribution in [-0.2, 0) is 14.6 Å². The number of hydrogen-bond acceptors (Lipinski definition) is 7.